The van der Waals surface area contributed by atoms with Crippen LogP contribution in [0.3, 0.4) is 0 Å². The van der Waals surface area contributed by atoms with Crippen molar-refractivity contribution in [2.24, 2.45) is 0 Å². The normalized spacial score (nSPS) is 14.1. The van der Waals surface area contributed by atoms with E-state index in [1.165, 1.54) is 4.57 Å². The van der Waals surface area contributed by atoms with Crippen LogP contribution in [0.2, 0.25) is 0 Å². The molecule has 1 aliphatic heterocycles. The number of amides is 2. The Bertz CT molecular complexity index is 1190. The maximum atomic E-state index is 12.7. The van der Waals surface area contributed by atoms with E-state index in [0.717, 1.165) is 41.2 Å². The number of aromatic nitrogens is 2. The summed E-state index contributed by atoms with van der Waals surface area (Å²) in [6, 6.07) is 12.8. The monoisotopic (exact) mass is 438 g/mol. The summed E-state index contributed by atoms with van der Waals surface area (Å²) in [6.45, 7) is 5.78. The van der Waals surface area contributed by atoms with Gasteiger partial charge in [0.05, 0.1) is 11.0 Å². The van der Waals surface area contributed by atoms with Crippen molar-refractivity contribution in [1.29, 1.82) is 0 Å². The van der Waals surface area contributed by atoms with Crippen LogP contribution in [0, 0.1) is 6.92 Å². The van der Waals surface area contributed by atoms with Crippen LogP contribution in [0.5, 0.6) is 0 Å². The summed E-state index contributed by atoms with van der Waals surface area (Å²) >= 11 is 1.86. The Hall–Kier alpha value is -3.00. The molecule has 0 bridgehead atoms. The number of anilines is 1. The summed E-state index contributed by atoms with van der Waals surface area (Å²) in [6.07, 6.45) is 0. The zero-order valence-corrected chi connectivity index (χ0v) is 18.6. The number of hydrogen-bond donors (Lipinski definition) is 1. The standard InChI is InChI=1S/C23H26N4O3S/c1-3-26-19-6-4-5-7-20(19)27(23(26)30)15-21(28)24-18-9-8-17(14-16(18)2)22(29)25-10-12-31-13-11-25/h4-9,14H,3,10-13,15H2,1-2H3,(H,24,28). The van der Waals surface area contributed by atoms with Gasteiger partial charge in [0.2, 0.25) is 5.91 Å². The molecule has 1 saturated heterocycles. The van der Waals surface area contributed by atoms with Crippen LogP contribution in [-0.4, -0.2) is 50.4 Å². The Kier molecular flexibility index (Phi) is 6.18. The number of benzene rings is 2. The molecule has 2 heterocycles. The molecule has 1 fully saturated rings. The van der Waals surface area contributed by atoms with Crippen molar-refractivity contribution in [3.05, 3.63) is 64.1 Å². The molecule has 0 unspecified atom stereocenters. The largest absolute Gasteiger partial charge is 0.337 e. The molecule has 2 aromatic carbocycles. The number of carbonyl (C=O) groups excluding carboxylic acids is 2. The number of hydrogen-bond acceptors (Lipinski definition) is 4. The topological polar surface area (TPSA) is 76.3 Å². The lowest BCUT2D eigenvalue weighted by Gasteiger charge is -2.26. The molecule has 2 amide bonds. The molecule has 0 radical (unpaired) electrons. The highest BCUT2D eigenvalue weighted by Gasteiger charge is 2.19. The van der Waals surface area contributed by atoms with Crippen molar-refractivity contribution in [3.8, 4) is 0 Å². The SMILES string of the molecule is CCn1c(=O)n(CC(=O)Nc2ccc(C(=O)N3CCSCC3)cc2C)c2ccccc21. The van der Waals surface area contributed by atoms with E-state index < -0.39 is 0 Å². The van der Waals surface area contributed by atoms with Gasteiger partial charge in [-0.3, -0.25) is 18.7 Å². The molecular weight excluding hydrogens is 412 g/mol. The molecule has 3 aromatic rings. The van der Waals surface area contributed by atoms with Gasteiger partial charge in [0.25, 0.3) is 5.91 Å². The van der Waals surface area contributed by atoms with Gasteiger partial charge in [-0.05, 0) is 49.7 Å². The highest BCUT2D eigenvalue weighted by Crippen LogP contribution is 2.20. The van der Waals surface area contributed by atoms with Gasteiger partial charge in [-0.15, -0.1) is 0 Å². The lowest BCUT2D eigenvalue weighted by molar-refractivity contribution is -0.116. The van der Waals surface area contributed by atoms with Crippen LogP contribution in [-0.2, 0) is 17.9 Å². The van der Waals surface area contributed by atoms with Crippen molar-refractivity contribution >= 4 is 40.3 Å². The second-order valence-electron chi connectivity index (χ2n) is 7.58. The lowest BCUT2D eigenvalue weighted by Crippen LogP contribution is -2.37. The first kappa shape index (κ1) is 21.2. The van der Waals surface area contributed by atoms with Crippen molar-refractivity contribution in [1.82, 2.24) is 14.0 Å². The van der Waals surface area contributed by atoms with E-state index in [9.17, 15) is 14.4 Å². The predicted molar refractivity (Wildman–Crippen MR) is 125 cm³/mol. The van der Waals surface area contributed by atoms with E-state index in [2.05, 4.69) is 5.32 Å². The fourth-order valence-electron chi connectivity index (χ4n) is 3.95. The van der Waals surface area contributed by atoms with E-state index in [1.807, 2.05) is 60.8 Å². The minimum absolute atomic E-state index is 0.0280. The predicted octanol–water partition coefficient (Wildman–Crippen LogP) is 2.96. The Morgan fingerprint density at radius 2 is 1.71 bits per heavy atom. The van der Waals surface area contributed by atoms with Gasteiger partial charge < -0.3 is 10.2 Å². The van der Waals surface area contributed by atoms with Gasteiger partial charge in [-0.2, -0.15) is 11.8 Å². The summed E-state index contributed by atoms with van der Waals surface area (Å²) in [5.41, 5.74) is 3.44. The van der Waals surface area contributed by atoms with Crippen LogP contribution < -0.4 is 11.0 Å². The van der Waals surface area contributed by atoms with E-state index in [-0.39, 0.29) is 24.0 Å². The molecule has 0 saturated carbocycles. The first-order valence-corrected chi connectivity index (χ1v) is 11.6. The summed E-state index contributed by atoms with van der Waals surface area (Å²) in [5.74, 6) is 1.68. The fourth-order valence-corrected chi connectivity index (χ4v) is 4.85. The Balaban J connectivity index is 1.51. The fraction of sp³-hybridized carbons (Fsp3) is 0.348. The summed E-state index contributed by atoms with van der Waals surface area (Å²) in [4.78, 5) is 40.1. The lowest BCUT2D eigenvalue weighted by atomic mass is 10.1. The number of nitrogens with one attached hydrogen (secondary N) is 1. The van der Waals surface area contributed by atoms with Gasteiger partial charge in [-0.1, -0.05) is 12.1 Å². The van der Waals surface area contributed by atoms with Crippen LogP contribution in [0.25, 0.3) is 11.0 Å². The van der Waals surface area contributed by atoms with Gasteiger partial charge in [0.1, 0.15) is 6.54 Å². The number of thioether (sulfide) groups is 1. The second-order valence-corrected chi connectivity index (χ2v) is 8.81. The van der Waals surface area contributed by atoms with Crippen molar-refractivity contribution in [3.63, 3.8) is 0 Å². The van der Waals surface area contributed by atoms with E-state index in [4.69, 9.17) is 0 Å². The Morgan fingerprint density at radius 3 is 2.35 bits per heavy atom. The van der Waals surface area contributed by atoms with Crippen molar-refractivity contribution in [2.75, 3.05) is 29.9 Å². The number of fused-ring (bicyclic) bond motifs is 1. The molecule has 8 heteroatoms. The zero-order chi connectivity index (χ0) is 22.0. The molecule has 1 N–H and O–H groups in total. The number of imidazole rings is 1. The molecule has 7 nitrogen and oxygen atoms in total. The molecule has 31 heavy (non-hydrogen) atoms. The van der Waals surface area contributed by atoms with Crippen LogP contribution in [0.15, 0.2) is 47.3 Å². The van der Waals surface area contributed by atoms with E-state index in [0.29, 0.717) is 17.8 Å². The third-order valence-electron chi connectivity index (χ3n) is 5.59. The number of nitrogens with zero attached hydrogens (tertiary/aromatic N) is 3. The number of para-hydroxylation sites is 2. The molecule has 1 aliphatic rings. The first-order chi connectivity index (χ1) is 15.0. The third-order valence-corrected chi connectivity index (χ3v) is 6.53. The van der Waals surface area contributed by atoms with Gasteiger partial charge in [0.15, 0.2) is 0 Å². The zero-order valence-electron chi connectivity index (χ0n) is 17.8. The van der Waals surface area contributed by atoms with E-state index in [1.54, 1.807) is 16.7 Å². The molecular formula is C23H26N4O3S. The molecule has 0 spiro atoms. The minimum atomic E-state index is -0.281. The van der Waals surface area contributed by atoms with Crippen LogP contribution in [0.1, 0.15) is 22.8 Å². The Morgan fingerprint density at radius 1 is 1.03 bits per heavy atom. The highest BCUT2D eigenvalue weighted by atomic mass is 32.2. The number of aryl methyl sites for hydroxylation is 2. The Labute approximate surface area is 185 Å². The van der Waals surface area contributed by atoms with Gasteiger partial charge in [-0.25, -0.2) is 4.79 Å². The third kappa shape index (κ3) is 4.25. The molecule has 4 rings (SSSR count). The summed E-state index contributed by atoms with van der Waals surface area (Å²) in [5, 5.41) is 2.89. The number of rotatable bonds is 5. The average molecular weight is 439 g/mol. The average Bonchev–Trinajstić information content (AvgIpc) is 3.06. The van der Waals surface area contributed by atoms with Gasteiger partial charge >= 0.3 is 5.69 Å². The van der Waals surface area contributed by atoms with Crippen molar-refractivity contribution in [2.45, 2.75) is 26.9 Å². The maximum absolute atomic E-state index is 12.7. The van der Waals surface area contributed by atoms with Crippen molar-refractivity contribution < 1.29 is 9.59 Å². The van der Waals surface area contributed by atoms with Crippen LogP contribution in [0.4, 0.5) is 5.69 Å². The summed E-state index contributed by atoms with van der Waals surface area (Å²) < 4.78 is 3.16. The van der Waals surface area contributed by atoms with Gasteiger partial charge in [0, 0.05) is 42.4 Å². The first-order valence-electron chi connectivity index (χ1n) is 10.4. The highest BCUT2D eigenvalue weighted by molar-refractivity contribution is 7.99. The quantitative estimate of drug-likeness (QED) is 0.665. The van der Waals surface area contributed by atoms with Crippen LogP contribution >= 0.6 is 11.8 Å². The minimum Gasteiger partial charge on any atom is -0.337 e. The summed E-state index contributed by atoms with van der Waals surface area (Å²) in [7, 11) is 0. The molecule has 0 atom stereocenters. The van der Waals surface area contributed by atoms with E-state index >= 15 is 0 Å². The molecule has 1 aromatic heterocycles. The number of carbonyl (C=O) groups is 2. The molecule has 0 aliphatic carbocycles. The maximum Gasteiger partial charge on any atom is 0.329 e. The second kappa shape index (κ2) is 9.01. The molecule has 162 valence electrons. The smallest absolute Gasteiger partial charge is 0.329 e.